The van der Waals surface area contributed by atoms with Gasteiger partial charge in [0.25, 0.3) is 5.56 Å². The SMILES string of the molecule is CCOc1ccc(-n2c(OCCCS(C)=O)nc(-c3cn[nH]c3)cc2=O)cc1. The summed E-state index contributed by atoms with van der Waals surface area (Å²) in [7, 11) is -0.898. The Bertz CT molecular complexity index is 984. The zero-order valence-corrected chi connectivity index (χ0v) is 16.6. The lowest BCUT2D eigenvalue weighted by Gasteiger charge is -2.14. The lowest BCUT2D eigenvalue weighted by Crippen LogP contribution is -2.22. The number of hydrogen-bond donors (Lipinski definition) is 1. The van der Waals surface area contributed by atoms with E-state index in [0.29, 0.717) is 42.3 Å². The third kappa shape index (κ3) is 4.86. The Labute approximate surface area is 165 Å². The highest BCUT2D eigenvalue weighted by molar-refractivity contribution is 7.84. The molecule has 28 heavy (non-hydrogen) atoms. The van der Waals surface area contributed by atoms with E-state index in [1.54, 1.807) is 42.9 Å². The molecule has 2 heterocycles. The van der Waals surface area contributed by atoms with Crippen LogP contribution < -0.4 is 15.0 Å². The number of rotatable bonds is 9. The Hall–Kier alpha value is -2.94. The number of nitrogens with one attached hydrogen (secondary N) is 1. The van der Waals surface area contributed by atoms with Gasteiger partial charge >= 0.3 is 6.01 Å². The summed E-state index contributed by atoms with van der Waals surface area (Å²) in [4.78, 5) is 17.3. The number of aromatic nitrogens is 4. The molecule has 0 spiro atoms. The second-order valence-corrected chi connectivity index (χ2v) is 7.55. The van der Waals surface area contributed by atoms with Gasteiger partial charge in [0.2, 0.25) is 0 Å². The fourth-order valence-corrected chi connectivity index (χ4v) is 3.14. The number of aromatic amines is 1. The van der Waals surface area contributed by atoms with E-state index < -0.39 is 10.8 Å². The van der Waals surface area contributed by atoms with E-state index in [9.17, 15) is 9.00 Å². The topological polar surface area (TPSA) is 99.1 Å². The maximum absolute atomic E-state index is 12.8. The molecule has 3 aromatic rings. The van der Waals surface area contributed by atoms with Crippen LogP contribution in [0, 0.1) is 0 Å². The molecule has 0 saturated carbocycles. The molecular weight excluding hydrogens is 380 g/mol. The molecule has 148 valence electrons. The predicted molar refractivity (Wildman–Crippen MR) is 108 cm³/mol. The van der Waals surface area contributed by atoms with Gasteiger partial charge in [0.15, 0.2) is 0 Å². The molecule has 1 N–H and O–H groups in total. The van der Waals surface area contributed by atoms with Crippen LogP contribution in [0.2, 0.25) is 0 Å². The third-order valence-corrected chi connectivity index (χ3v) is 4.76. The minimum absolute atomic E-state index is 0.176. The van der Waals surface area contributed by atoms with Crippen LogP contribution in [0.5, 0.6) is 11.8 Å². The highest BCUT2D eigenvalue weighted by atomic mass is 32.2. The maximum atomic E-state index is 12.8. The van der Waals surface area contributed by atoms with Crippen LogP contribution in [0.15, 0.2) is 47.5 Å². The highest BCUT2D eigenvalue weighted by Gasteiger charge is 2.14. The van der Waals surface area contributed by atoms with Crippen molar-refractivity contribution >= 4 is 10.8 Å². The van der Waals surface area contributed by atoms with E-state index >= 15 is 0 Å². The predicted octanol–water partition coefficient (Wildman–Crippen LogP) is 2.17. The summed E-state index contributed by atoms with van der Waals surface area (Å²) in [6.45, 7) is 2.78. The standard InChI is InChI=1S/C19H22N4O4S/c1-3-26-16-7-5-15(6-8-16)23-18(24)11-17(14-12-20-21-13-14)22-19(23)27-9-4-10-28(2)25/h5-8,11-13H,3-4,9-10H2,1-2H3,(H,20,21). The minimum atomic E-state index is -0.898. The van der Waals surface area contributed by atoms with Crippen molar-refractivity contribution in [1.82, 2.24) is 19.7 Å². The largest absolute Gasteiger partial charge is 0.494 e. The molecular formula is C19H22N4O4S. The average Bonchev–Trinajstić information content (AvgIpc) is 3.21. The monoisotopic (exact) mass is 402 g/mol. The lowest BCUT2D eigenvalue weighted by molar-refractivity contribution is 0.284. The van der Waals surface area contributed by atoms with Crippen LogP contribution in [0.1, 0.15) is 13.3 Å². The number of ether oxygens (including phenoxy) is 2. The van der Waals surface area contributed by atoms with Crippen LogP contribution in [-0.2, 0) is 10.8 Å². The van der Waals surface area contributed by atoms with E-state index in [-0.39, 0.29) is 11.6 Å². The van der Waals surface area contributed by atoms with Crippen molar-refractivity contribution in [2.24, 2.45) is 0 Å². The first-order valence-electron chi connectivity index (χ1n) is 8.88. The van der Waals surface area contributed by atoms with Gasteiger partial charge in [-0.15, -0.1) is 0 Å². The molecule has 0 aliphatic carbocycles. The minimum Gasteiger partial charge on any atom is -0.494 e. The van der Waals surface area contributed by atoms with Crippen LogP contribution >= 0.6 is 0 Å². The van der Waals surface area contributed by atoms with Gasteiger partial charge in [-0.05, 0) is 37.6 Å². The van der Waals surface area contributed by atoms with E-state index in [4.69, 9.17) is 9.47 Å². The Morgan fingerprint density at radius 2 is 2.00 bits per heavy atom. The summed E-state index contributed by atoms with van der Waals surface area (Å²) in [5.74, 6) is 1.24. The van der Waals surface area contributed by atoms with Gasteiger partial charge in [-0.3, -0.25) is 14.1 Å². The third-order valence-electron chi connectivity index (χ3n) is 3.90. The molecule has 0 aliphatic heterocycles. The van der Waals surface area contributed by atoms with Crippen molar-refractivity contribution in [3.63, 3.8) is 0 Å². The molecule has 1 unspecified atom stereocenters. The first kappa shape index (κ1) is 19.8. The second-order valence-electron chi connectivity index (χ2n) is 5.99. The van der Waals surface area contributed by atoms with E-state index in [0.717, 1.165) is 5.75 Å². The summed E-state index contributed by atoms with van der Waals surface area (Å²) in [6, 6.07) is 8.75. The number of H-pyrrole nitrogens is 1. The first-order valence-corrected chi connectivity index (χ1v) is 10.6. The van der Waals surface area contributed by atoms with Crippen LogP contribution in [0.25, 0.3) is 16.9 Å². The zero-order chi connectivity index (χ0) is 19.9. The summed E-state index contributed by atoms with van der Waals surface area (Å²) in [6.07, 6.45) is 5.49. The molecule has 8 nitrogen and oxygen atoms in total. The van der Waals surface area contributed by atoms with Crippen LogP contribution in [-0.4, -0.2) is 49.2 Å². The Kier molecular flexibility index (Phi) is 6.59. The van der Waals surface area contributed by atoms with E-state index in [2.05, 4.69) is 15.2 Å². The summed E-state index contributed by atoms with van der Waals surface area (Å²) in [5.41, 5.74) is 1.50. The fourth-order valence-electron chi connectivity index (χ4n) is 2.62. The smallest absolute Gasteiger partial charge is 0.304 e. The molecule has 0 bridgehead atoms. The number of hydrogen-bond acceptors (Lipinski definition) is 6. The normalized spacial score (nSPS) is 11.9. The molecule has 9 heteroatoms. The van der Waals surface area contributed by atoms with Crippen molar-refractivity contribution < 1.29 is 13.7 Å². The molecule has 1 atom stereocenters. The zero-order valence-electron chi connectivity index (χ0n) is 15.8. The fraction of sp³-hybridized carbons (Fsp3) is 0.316. The van der Waals surface area contributed by atoms with Gasteiger partial charge < -0.3 is 9.47 Å². The van der Waals surface area contributed by atoms with Gasteiger partial charge in [0.1, 0.15) is 5.75 Å². The molecule has 0 fully saturated rings. The maximum Gasteiger partial charge on any atom is 0.304 e. The van der Waals surface area contributed by atoms with Gasteiger partial charge in [-0.25, -0.2) is 4.57 Å². The van der Waals surface area contributed by atoms with Crippen molar-refractivity contribution in [3.05, 3.63) is 53.1 Å². The van der Waals surface area contributed by atoms with E-state index in [1.165, 1.54) is 10.6 Å². The van der Waals surface area contributed by atoms with Crippen molar-refractivity contribution in [1.29, 1.82) is 0 Å². The molecule has 1 aromatic carbocycles. The number of nitrogens with zero attached hydrogens (tertiary/aromatic N) is 3. The van der Waals surface area contributed by atoms with Crippen molar-refractivity contribution in [2.75, 3.05) is 25.2 Å². The Balaban J connectivity index is 1.96. The van der Waals surface area contributed by atoms with E-state index in [1.807, 2.05) is 6.92 Å². The second kappa shape index (κ2) is 9.32. The van der Waals surface area contributed by atoms with Gasteiger partial charge in [0.05, 0.1) is 30.8 Å². The van der Waals surface area contributed by atoms with Gasteiger partial charge in [-0.1, -0.05) is 0 Å². The Morgan fingerprint density at radius 3 is 2.64 bits per heavy atom. The molecule has 2 aromatic heterocycles. The lowest BCUT2D eigenvalue weighted by atomic mass is 10.2. The summed E-state index contributed by atoms with van der Waals surface area (Å²) < 4.78 is 23.9. The molecule has 0 saturated heterocycles. The highest BCUT2D eigenvalue weighted by Crippen LogP contribution is 2.21. The summed E-state index contributed by atoms with van der Waals surface area (Å²) in [5, 5.41) is 6.61. The molecule has 3 rings (SSSR count). The molecule has 0 radical (unpaired) electrons. The molecule has 0 aliphatic rings. The number of benzene rings is 1. The average molecular weight is 402 g/mol. The van der Waals surface area contributed by atoms with Crippen LogP contribution in [0.4, 0.5) is 0 Å². The van der Waals surface area contributed by atoms with Gasteiger partial charge in [-0.2, -0.15) is 10.1 Å². The van der Waals surface area contributed by atoms with Crippen LogP contribution in [0.3, 0.4) is 0 Å². The first-order chi connectivity index (χ1) is 13.6. The van der Waals surface area contributed by atoms with Crippen molar-refractivity contribution in [2.45, 2.75) is 13.3 Å². The van der Waals surface area contributed by atoms with Crippen molar-refractivity contribution in [3.8, 4) is 28.7 Å². The summed E-state index contributed by atoms with van der Waals surface area (Å²) >= 11 is 0. The van der Waals surface area contributed by atoms with Gasteiger partial charge in [0, 0.05) is 40.6 Å². The Morgan fingerprint density at radius 1 is 1.21 bits per heavy atom. The molecule has 0 amide bonds. The quantitative estimate of drug-likeness (QED) is 0.551.